The third-order valence-electron chi connectivity index (χ3n) is 4.23. The molecule has 0 bridgehead atoms. The van der Waals surface area contributed by atoms with Gasteiger partial charge in [0.25, 0.3) is 11.7 Å². The van der Waals surface area contributed by atoms with Crippen LogP contribution < -0.4 is 4.90 Å². The van der Waals surface area contributed by atoms with E-state index in [2.05, 4.69) is 18.7 Å². The predicted molar refractivity (Wildman–Crippen MR) is 89.3 cm³/mol. The number of carbonyl (C=O) groups excluding carboxylic acids is 2. The van der Waals surface area contributed by atoms with Crippen molar-refractivity contribution in [2.45, 2.75) is 39.5 Å². The minimum atomic E-state index is -0.604. The van der Waals surface area contributed by atoms with Gasteiger partial charge in [-0.2, -0.15) is 0 Å². The number of hydrogen-bond acceptors (Lipinski definition) is 3. The van der Waals surface area contributed by atoms with Crippen molar-refractivity contribution in [3.05, 3.63) is 29.6 Å². The van der Waals surface area contributed by atoms with E-state index in [1.165, 1.54) is 17.0 Å². The highest BCUT2D eigenvalue weighted by molar-refractivity contribution is 6.52. The van der Waals surface area contributed by atoms with E-state index in [9.17, 15) is 14.0 Å². The molecule has 0 fully saturated rings. The summed E-state index contributed by atoms with van der Waals surface area (Å²) in [6, 6.07) is 3.97. The first-order valence-electron chi connectivity index (χ1n) is 8.46. The maximum Gasteiger partial charge on any atom is 0.299 e. The fourth-order valence-electron chi connectivity index (χ4n) is 2.83. The molecule has 1 heterocycles. The molecule has 4 nitrogen and oxygen atoms in total. The SMILES string of the molecule is CCCCN(CCCC)CCN1C(=O)C(=O)c2cc(F)ccc21. The second-order valence-corrected chi connectivity index (χ2v) is 6.00. The van der Waals surface area contributed by atoms with E-state index in [1.54, 1.807) is 0 Å². The molecular formula is C18H25FN2O2. The number of amides is 1. The number of rotatable bonds is 9. The van der Waals surface area contributed by atoms with Crippen molar-refractivity contribution in [3.8, 4) is 0 Å². The second kappa shape index (κ2) is 8.20. The van der Waals surface area contributed by atoms with Crippen LogP contribution in [0.25, 0.3) is 0 Å². The first kappa shape index (κ1) is 17.6. The monoisotopic (exact) mass is 320 g/mol. The van der Waals surface area contributed by atoms with Gasteiger partial charge in [-0.15, -0.1) is 0 Å². The van der Waals surface area contributed by atoms with Gasteiger partial charge in [0.2, 0.25) is 0 Å². The van der Waals surface area contributed by atoms with Crippen LogP contribution in [-0.4, -0.2) is 42.8 Å². The molecule has 2 rings (SSSR count). The summed E-state index contributed by atoms with van der Waals surface area (Å²) in [5.41, 5.74) is 0.719. The Balaban J connectivity index is 2.04. The summed E-state index contributed by atoms with van der Waals surface area (Å²) in [6.07, 6.45) is 4.51. The van der Waals surface area contributed by atoms with E-state index in [0.29, 0.717) is 12.2 Å². The summed E-state index contributed by atoms with van der Waals surface area (Å²) in [5.74, 6) is -1.64. The molecule has 0 radical (unpaired) electrons. The van der Waals surface area contributed by atoms with Crippen molar-refractivity contribution in [1.29, 1.82) is 0 Å². The number of Topliss-reactive ketones (excluding diaryl/α,β-unsaturated/α-hetero) is 1. The van der Waals surface area contributed by atoms with E-state index in [-0.39, 0.29) is 5.56 Å². The van der Waals surface area contributed by atoms with Gasteiger partial charge < -0.3 is 9.80 Å². The third kappa shape index (κ3) is 4.16. The zero-order valence-corrected chi connectivity index (χ0v) is 14.0. The van der Waals surface area contributed by atoms with Crippen molar-refractivity contribution in [3.63, 3.8) is 0 Å². The Bertz CT molecular complexity index is 566. The Hall–Kier alpha value is -1.75. The molecule has 0 unspecified atom stereocenters. The quantitative estimate of drug-likeness (QED) is 0.656. The van der Waals surface area contributed by atoms with Gasteiger partial charge in [-0.05, 0) is 44.1 Å². The Labute approximate surface area is 137 Å². The van der Waals surface area contributed by atoms with Gasteiger partial charge in [-0.25, -0.2) is 4.39 Å². The summed E-state index contributed by atoms with van der Waals surface area (Å²) in [7, 11) is 0. The Morgan fingerprint density at radius 1 is 1.04 bits per heavy atom. The van der Waals surface area contributed by atoms with E-state index < -0.39 is 17.5 Å². The zero-order valence-electron chi connectivity index (χ0n) is 14.0. The van der Waals surface area contributed by atoms with Crippen LogP contribution in [0.5, 0.6) is 0 Å². The standard InChI is InChI=1S/C18H25FN2O2/c1-3-5-9-20(10-6-4-2)11-12-21-16-8-7-14(19)13-15(16)17(22)18(21)23/h7-8,13H,3-6,9-12H2,1-2H3. The van der Waals surface area contributed by atoms with Crippen molar-refractivity contribution in [1.82, 2.24) is 4.90 Å². The number of hydrogen-bond donors (Lipinski definition) is 0. The molecule has 0 spiro atoms. The summed E-state index contributed by atoms with van der Waals surface area (Å²) in [6.45, 7) is 7.52. The average Bonchev–Trinajstić information content (AvgIpc) is 2.78. The van der Waals surface area contributed by atoms with E-state index >= 15 is 0 Å². The number of carbonyl (C=O) groups is 2. The first-order chi connectivity index (χ1) is 11.1. The van der Waals surface area contributed by atoms with Crippen LogP contribution in [-0.2, 0) is 4.79 Å². The van der Waals surface area contributed by atoms with Crippen LogP contribution >= 0.6 is 0 Å². The molecule has 23 heavy (non-hydrogen) atoms. The minimum Gasteiger partial charge on any atom is -0.303 e. The van der Waals surface area contributed by atoms with Gasteiger partial charge in [-0.3, -0.25) is 9.59 Å². The first-order valence-corrected chi connectivity index (χ1v) is 8.46. The number of nitrogens with zero attached hydrogens (tertiary/aromatic N) is 2. The number of ketones is 1. The van der Waals surface area contributed by atoms with Crippen molar-refractivity contribution >= 4 is 17.4 Å². The van der Waals surface area contributed by atoms with E-state index in [0.717, 1.165) is 51.4 Å². The lowest BCUT2D eigenvalue weighted by Gasteiger charge is -2.25. The van der Waals surface area contributed by atoms with Gasteiger partial charge in [0.15, 0.2) is 0 Å². The molecular weight excluding hydrogens is 295 g/mol. The summed E-state index contributed by atoms with van der Waals surface area (Å²) >= 11 is 0. The molecule has 0 aromatic heterocycles. The normalized spacial score (nSPS) is 14.0. The summed E-state index contributed by atoms with van der Waals surface area (Å²) < 4.78 is 13.3. The van der Waals surface area contributed by atoms with Gasteiger partial charge in [0, 0.05) is 13.1 Å². The smallest absolute Gasteiger partial charge is 0.299 e. The third-order valence-corrected chi connectivity index (χ3v) is 4.23. The molecule has 0 saturated heterocycles. The highest BCUT2D eigenvalue weighted by atomic mass is 19.1. The number of fused-ring (bicyclic) bond motifs is 1. The lowest BCUT2D eigenvalue weighted by Crippen LogP contribution is -2.38. The predicted octanol–water partition coefficient (Wildman–Crippen LogP) is 3.26. The molecule has 0 atom stereocenters. The summed E-state index contributed by atoms with van der Waals surface area (Å²) in [4.78, 5) is 28.0. The van der Waals surface area contributed by atoms with Gasteiger partial charge in [0.1, 0.15) is 5.82 Å². The topological polar surface area (TPSA) is 40.6 Å². The van der Waals surface area contributed by atoms with Crippen LogP contribution in [0.1, 0.15) is 49.9 Å². The Morgan fingerprint density at radius 3 is 2.30 bits per heavy atom. The highest BCUT2D eigenvalue weighted by Crippen LogP contribution is 2.29. The Morgan fingerprint density at radius 2 is 1.70 bits per heavy atom. The molecule has 0 aliphatic carbocycles. The maximum absolute atomic E-state index is 13.3. The van der Waals surface area contributed by atoms with Gasteiger partial charge in [0.05, 0.1) is 11.3 Å². The molecule has 1 aliphatic rings. The fourth-order valence-corrected chi connectivity index (χ4v) is 2.83. The lowest BCUT2D eigenvalue weighted by atomic mass is 10.1. The second-order valence-electron chi connectivity index (χ2n) is 6.00. The molecule has 5 heteroatoms. The lowest BCUT2D eigenvalue weighted by molar-refractivity contribution is -0.114. The van der Waals surface area contributed by atoms with Crippen LogP contribution in [0.3, 0.4) is 0 Å². The van der Waals surface area contributed by atoms with Crippen molar-refractivity contribution in [2.75, 3.05) is 31.1 Å². The molecule has 1 aliphatic heterocycles. The molecule has 0 saturated carbocycles. The number of halogens is 1. The van der Waals surface area contributed by atoms with Crippen LogP contribution in [0.4, 0.5) is 10.1 Å². The van der Waals surface area contributed by atoms with E-state index in [1.807, 2.05) is 0 Å². The molecule has 1 aromatic rings. The number of anilines is 1. The van der Waals surface area contributed by atoms with Gasteiger partial charge >= 0.3 is 0 Å². The van der Waals surface area contributed by atoms with Crippen LogP contribution in [0, 0.1) is 5.82 Å². The Kier molecular flexibility index (Phi) is 6.28. The zero-order chi connectivity index (χ0) is 16.8. The van der Waals surface area contributed by atoms with Crippen molar-refractivity contribution < 1.29 is 14.0 Å². The van der Waals surface area contributed by atoms with E-state index in [4.69, 9.17) is 0 Å². The molecule has 0 N–H and O–H groups in total. The average molecular weight is 320 g/mol. The highest BCUT2D eigenvalue weighted by Gasteiger charge is 2.35. The molecule has 1 amide bonds. The molecule has 1 aromatic carbocycles. The van der Waals surface area contributed by atoms with Gasteiger partial charge in [-0.1, -0.05) is 26.7 Å². The molecule has 126 valence electrons. The summed E-state index contributed by atoms with van der Waals surface area (Å²) in [5, 5.41) is 0. The fraction of sp³-hybridized carbons (Fsp3) is 0.556. The number of benzene rings is 1. The number of unbranched alkanes of at least 4 members (excludes halogenated alkanes) is 2. The van der Waals surface area contributed by atoms with Crippen molar-refractivity contribution in [2.24, 2.45) is 0 Å². The largest absolute Gasteiger partial charge is 0.303 e. The van der Waals surface area contributed by atoms with Crippen LogP contribution in [0.2, 0.25) is 0 Å². The van der Waals surface area contributed by atoms with Crippen LogP contribution in [0.15, 0.2) is 18.2 Å². The minimum absolute atomic E-state index is 0.184. The maximum atomic E-state index is 13.3.